The first-order valence-electron chi connectivity index (χ1n) is 17.2. The van der Waals surface area contributed by atoms with Gasteiger partial charge < -0.3 is 11.5 Å². The van der Waals surface area contributed by atoms with Crippen LogP contribution in [0.4, 0.5) is 5.82 Å². The van der Waals surface area contributed by atoms with E-state index in [-0.39, 0.29) is 38.8 Å². The van der Waals surface area contributed by atoms with Crippen molar-refractivity contribution in [1.29, 1.82) is 0 Å². The molecule has 0 amide bonds. The number of halogens is 3. The zero-order valence-electron chi connectivity index (χ0n) is 30.4. The minimum atomic E-state index is -3.80. The van der Waals surface area contributed by atoms with Crippen LogP contribution in [0.1, 0.15) is 50.9 Å². The number of aromatic nitrogens is 2. The van der Waals surface area contributed by atoms with E-state index in [2.05, 4.69) is 15.0 Å². The molecule has 0 saturated heterocycles. The molecule has 0 aliphatic carbocycles. The van der Waals surface area contributed by atoms with Crippen LogP contribution in [0, 0.1) is 0 Å². The Balaban J connectivity index is 0.000000212. The second-order valence-corrected chi connectivity index (χ2v) is 17.3. The second-order valence-electron chi connectivity index (χ2n) is 12.4. The lowest BCUT2D eigenvalue weighted by molar-refractivity contribution is 0.356. The quantitative estimate of drug-likeness (QED) is 0.0742. The Labute approximate surface area is 336 Å². The molecule has 0 aliphatic rings. The molecule has 4 N–H and O–H groups in total. The Hall–Kier alpha value is -4.34. The number of hydrogen-bond acceptors (Lipinski definition) is 7. The Kier molecular flexibility index (Phi) is 13.4. The molecular weight excluding hydrogens is 801 g/mol. The smallest absolute Gasteiger partial charge is 0.243 e. The van der Waals surface area contributed by atoms with Crippen molar-refractivity contribution in [3.8, 4) is 0 Å². The number of fused-ring (bicyclic) bond motifs is 2. The van der Waals surface area contributed by atoms with Gasteiger partial charge >= 0.3 is 0 Å². The predicted molar refractivity (Wildman–Crippen MR) is 223 cm³/mol. The largest absolute Gasteiger partial charge is 0.370 e. The highest BCUT2D eigenvalue weighted by Crippen LogP contribution is 2.35. The molecule has 55 heavy (non-hydrogen) atoms. The molecule has 0 aliphatic heterocycles. The second kappa shape index (κ2) is 17.6. The lowest BCUT2D eigenvalue weighted by Gasteiger charge is -2.27. The lowest BCUT2D eigenvalue weighted by atomic mass is 10.1. The molecule has 288 valence electrons. The minimum Gasteiger partial charge on any atom is -0.370 e. The van der Waals surface area contributed by atoms with Crippen molar-refractivity contribution in [1.82, 2.24) is 18.6 Å². The molecular formula is C39H40Cl3N7O4S2. The van der Waals surface area contributed by atoms with Gasteiger partial charge in [0.1, 0.15) is 5.15 Å². The standard InChI is InChI=1S/C20H22ClN5O2S.C19H18Cl2N2O2S/c1-3-26(13(2)14-7-5-4-6-8-14)29(27,28)15-9-10-16-17(11-15)19(25-20(22)23)24-12-18(16)21;1-3-23(13(2)14-7-5-4-6-8-14)26(24,25)15-9-10-16-17(11-15)19(21)22-12-18(16)20/h4-13H,3H2,1-2H3,(H4,22,23,24,25);4-13H,3H2,1-2H3/t2*13-/m00/s1. The van der Waals surface area contributed by atoms with Crippen LogP contribution in [-0.2, 0) is 20.0 Å². The van der Waals surface area contributed by atoms with Gasteiger partial charge in [0, 0.05) is 59.1 Å². The predicted octanol–water partition coefficient (Wildman–Crippen LogP) is 8.88. The van der Waals surface area contributed by atoms with E-state index in [1.807, 2.05) is 81.4 Å². The first-order valence-corrected chi connectivity index (χ1v) is 21.2. The number of guanidine groups is 1. The van der Waals surface area contributed by atoms with Crippen molar-refractivity contribution in [2.45, 2.75) is 49.6 Å². The maximum Gasteiger partial charge on any atom is 0.243 e. The van der Waals surface area contributed by atoms with Gasteiger partial charge in [-0.25, -0.2) is 26.8 Å². The third-order valence-electron chi connectivity index (χ3n) is 9.05. The summed E-state index contributed by atoms with van der Waals surface area (Å²) < 4.78 is 56.3. The highest BCUT2D eigenvalue weighted by Gasteiger charge is 2.30. The highest BCUT2D eigenvalue weighted by molar-refractivity contribution is 7.89. The number of hydrogen-bond donors (Lipinski definition) is 2. The molecule has 2 aromatic heterocycles. The summed E-state index contributed by atoms with van der Waals surface area (Å²) in [6.07, 6.45) is 2.88. The van der Waals surface area contributed by atoms with Gasteiger partial charge in [0.15, 0.2) is 11.8 Å². The first kappa shape index (κ1) is 41.8. The Morgan fingerprint density at radius 1 is 0.636 bits per heavy atom. The molecule has 4 aromatic carbocycles. The van der Waals surface area contributed by atoms with Gasteiger partial charge in [0.25, 0.3) is 0 Å². The molecule has 2 atom stereocenters. The monoisotopic (exact) mass is 839 g/mol. The van der Waals surface area contributed by atoms with Crippen molar-refractivity contribution >= 4 is 88.2 Å². The molecule has 16 heteroatoms. The van der Waals surface area contributed by atoms with Crippen LogP contribution >= 0.6 is 34.8 Å². The van der Waals surface area contributed by atoms with Crippen LogP contribution in [0.5, 0.6) is 0 Å². The average Bonchev–Trinajstić information content (AvgIpc) is 3.18. The fourth-order valence-electron chi connectivity index (χ4n) is 6.23. The van der Waals surface area contributed by atoms with E-state index in [1.165, 1.54) is 39.2 Å². The van der Waals surface area contributed by atoms with E-state index in [0.717, 1.165) is 11.1 Å². The third-order valence-corrected chi connectivity index (χ3v) is 14.0. The van der Waals surface area contributed by atoms with Gasteiger partial charge in [-0.1, -0.05) is 121 Å². The molecule has 0 fully saturated rings. The summed E-state index contributed by atoms with van der Waals surface area (Å²) in [5.74, 6) is 0.0304. The fraction of sp³-hybridized carbons (Fsp3) is 0.205. The number of nitrogens with zero attached hydrogens (tertiary/aromatic N) is 5. The first-order chi connectivity index (χ1) is 26.1. The number of rotatable bonds is 11. The number of pyridine rings is 2. The van der Waals surface area contributed by atoms with E-state index >= 15 is 0 Å². The maximum absolute atomic E-state index is 13.4. The van der Waals surface area contributed by atoms with Crippen molar-refractivity contribution in [2.24, 2.45) is 16.5 Å². The van der Waals surface area contributed by atoms with Crippen LogP contribution in [0.25, 0.3) is 21.5 Å². The van der Waals surface area contributed by atoms with Crippen LogP contribution in [0.2, 0.25) is 15.2 Å². The van der Waals surface area contributed by atoms with Gasteiger partial charge in [0.2, 0.25) is 20.0 Å². The topological polar surface area (TPSA) is 165 Å². The number of aliphatic imine (C=N–C) groups is 1. The van der Waals surface area contributed by atoms with E-state index in [4.69, 9.17) is 46.3 Å². The molecule has 0 bridgehead atoms. The third kappa shape index (κ3) is 9.05. The molecule has 6 rings (SSSR count). The summed E-state index contributed by atoms with van der Waals surface area (Å²) in [4.78, 5) is 12.4. The van der Waals surface area contributed by atoms with Crippen LogP contribution in [-0.4, -0.2) is 54.5 Å². The maximum atomic E-state index is 13.4. The summed E-state index contributed by atoms with van der Waals surface area (Å²) in [5.41, 5.74) is 12.8. The molecule has 0 spiro atoms. The van der Waals surface area contributed by atoms with E-state index in [9.17, 15) is 16.8 Å². The number of nitrogens with two attached hydrogens (primary N) is 2. The minimum absolute atomic E-state index is 0.116. The summed E-state index contributed by atoms with van der Waals surface area (Å²) in [5, 5.41) is 3.28. The van der Waals surface area contributed by atoms with Crippen LogP contribution < -0.4 is 11.5 Å². The van der Waals surface area contributed by atoms with Gasteiger partial charge in [-0.3, -0.25) is 0 Å². The molecule has 0 radical (unpaired) electrons. The molecule has 0 saturated carbocycles. The van der Waals surface area contributed by atoms with Crippen molar-refractivity contribution < 1.29 is 16.8 Å². The molecule has 0 unspecified atom stereocenters. The van der Waals surface area contributed by atoms with Gasteiger partial charge in [-0.05, 0) is 49.2 Å². The lowest BCUT2D eigenvalue weighted by Crippen LogP contribution is -2.33. The fourth-order valence-corrected chi connectivity index (χ4v) is 10.2. The van der Waals surface area contributed by atoms with Gasteiger partial charge in [-0.15, -0.1) is 0 Å². The molecule has 11 nitrogen and oxygen atoms in total. The number of benzene rings is 4. The van der Waals surface area contributed by atoms with Gasteiger partial charge in [-0.2, -0.15) is 13.6 Å². The van der Waals surface area contributed by atoms with Crippen LogP contribution in [0.3, 0.4) is 0 Å². The average molecular weight is 841 g/mol. The SMILES string of the molecule is CCN([C@@H](C)c1ccccc1)S(=O)(=O)c1ccc2c(Cl)cnc(Cl)c2c1.CCN([C@@H](C)c1ccccc1)S(=O)(=O)c1ccc2c(Cl)cnc(N=C(N)N)c2c1. The summed E-state index contributed by atoms with van der Waals surface area (Å²) in [6.45, 7) is 8.03. The van der Waals surface area contributed by atoms with E-state index in [0.29, 0.717) is 44.7 Å². The van der Waals surface area contributed by atoms with Gasteiger partial charge in [0.05, 0.1) is 19.8 Å². The normalized spacial score (nSPS) is 13.0. The Bertz CT molecular complexity index is 2560. The zero-order valence-corrected chi connectivity index (χ0v) is 34.3. The Morgan fingerprint density at radius 2 is 1.05 bits per heavy atom. The summed E-state index contributed by atoms with van der Waals surface area (Å²) >= 11 is 18.5. The van der Waals surface area contributed by atoms with Crippen LogP contribution in [0.15, 0.2) is 124 Å². The van der Waals surface area contributed by atoms with Crippen molar-refractivity contribution in [3.05, 3.63) is 136 Å². The summed E-state index contributed by atoms with van der Waals surface area (Å²) in [7, 11) is -7.51. The summed E-state index contributed by atoms with van der Waals surface area (Å²) in [6, 6.07) is 27.8. The Morgan fingerprint density at radius 3 is 1.49 bits per heavy atom. The van der Waals surface area contributed by atoms with Crippen molar-refractivity contribution in [3.63, 3.8) is 0 Å². The zero-order chi connectivity index (χ0) is 40.1. The molecule has 2 heterocycles. The highest BCUT2D eigenvalue weighted by atomic mass is 35.5. The van der Waals surface area contributed by atoms with Crippen molar-refractivity contribution in [2.75, 3.05) is 13.1 Å². The van der Waals surface area contributed by atoms with E-state index < -0.39 is 20.0 Å². The molecule has 6 aromatic rings. The van der Waals surface area contributed by atoms with E-state index in [1.54, 1.807) is 25.1 Å². The number of sulfonamides is 2.